The molecule has 0 fully saturated rings. The Balaban J connectivity index is 1.22. The SMILES string of the molecule is Cc1c(Cc2nccc3cc(CNC(C(=O)O)C(C)C)cnc23)cccc1-c1cccc(Nc2nccc3cc(CCC(C(=O)O)C(C)C)cnc23)c1C. The minimum absolute atomic E-state index is 0.0379. The molecule has 4 aromatic heterocycles. The van der Waals surface area contributed by atoms with E-state index in [-0.39, 0.29) is 11.8 Å². The van der Waals surface area contributed by atoms with Gasteiger partial charge in [-0.15, -0.1) is 0 Å². The third-order valence-corrected chi connectivity index (χ3v) is 10.4. The number of pyridine rings is 4. The summed E-state index contributed by atoms with van der Waals surface area (Å²) in [4.78, 5) is 42.3. The molecule has 6 aromatic rings. The molecule has 0 radical (unpaired) electrons. The van der Waals surface area contributed by atoms with E-state index in [1.165, 1.54) is 0 Å². The van der Waals surface area contributed by atoms with Crippen molar-refractivity contribution in [1.29, 1.82) is 0 Å². The molecule has 4 heterocycles. The molecule has 0 bridgehead atoms. The number of anilines is 2. The second-order valence-corrected chi connectivity index (χ2v) is 14.8. The second-order valence-electron chi connectivity index (χ2n) is 14.8. The number of rotatable bonds is 15. The zero-order chi connectivity index (χ0) is 38.5. The molecule has 0 amide bonds. The first-order chi connectivity index (χ1) is 25.9. The molecule has 4 N–H and O–H groups in total. The van der Waals surface area contributed by atoms with Gasteiger partial charge in [0.05, 0.1) is 17.1 Å². The Morgan fingerprint density at radius 1 is 0.722 bits per heavy atom. The molecule has 0 saturated heterocycles. The molecule has 0 aliphatic heterocycles. The average Bonchev–Trinajstić information content (AvgIpc) is 3.13. The summed E-state index contributed by atoms with van der Waals surface area (Å²) in [5, 5.41) is 27.8. The third-order valence-electron chi connectivity index (χ3n) is 10.4. The number of aromatic nitrogens is 4. The molecule has 278 valence electrons. The lowest BCUT2D eigenvalue weighted by molar-refractivity contribution is -0.143. The lowest BCUT2D eigenvalue weighted by Gasteiger charge is -2.18. The molecular weight excluding hydrogens is 677 g/mol. The summed E-state index contributed by atoms with van der Waals surface area (Å²) >= 11 is 0. The van der Waals surface area contributed by atoms with Gasteiger partial charge in [0.25, 0.3) is 0 Å². The standard InChI is InChI=1S/C44H48N6O4/c1-25(2)34(43(51)52)14-13-29-19-33-16-18-46-42(41(33)49-22-29)50-37-12-8-11-36(28(37)6)35-10-7-9-31(27(35)5)21-38-40-32(15-17-45-38)20-30(24-48-40)23-47-39(26(3)4)44(53)54/h7-12,15-20,22,24-26,34,39,47H,13-14,21,23H2,1-6H3,(H,46,50)(H,51,52)(H,53,54). The van der Waals surface area contributed by atoms with Crippen molar-refractivity contribution in [1.82, 2.24) is 25.3 Å². The average molecular weight is 725 g/mol. The molecule has 0 spiro atoms. The molecule has 2 unspecified atom stereocenters. The van der Waals surface area contributed by atoms with Gasteiger partial charge in [-0.05, 0) is 108 Å². The number of aliphatic carboxylic acids is 2. The molecule has 6 rings (SSSR count). The smallest absolute Gasteiger partial charge is 0.320 e. The van der Waals surface area contributed by atoms with Crippen LogP contribution in [-0.2, 0) is 29.0 Å². The molecule has 2 atom stereocenters. The minimum Gasteiger partial charge on any atom is -0.481 e. The fourth-order valence-electron chi connectivity index (χ4n) is 7.16. The van der Waals surface area contributed by atoms with E-state index < -0.39 is 23.9 Å². The van der Waals surface area contributed by atoms with E-state index in [1.54, 1.807) is 12.4 Å². The Morgan fingerprint density at radius 3 is 2.07 bits per heavy atom. The van der Waals surface area contributed by atoms with Crippen molar-refractivity contribution >= 4 is 45.2 Å². The van der Waals surface area contributed by atoms with Gasteiger partial charge >= 0.3 is 11.9 Å². The molecule has 10 nitrogen and oxygen atoms in total. The van der Waals surface area contributed by atoms with Gasteiger partial charge in [-0.1, -0.05) is 58.0 Å². The quantitative estimate of drug-likeness (QED) is 0.0810. The molecule has 0 saturated carbocycles. The Morgan fingerprint density at radius 2 is 1.37 bits per heavy atom. The number of nitrogens with zero attached hydrogens (tertiary/aromatic N) is 4. The van der Waals surface area contributed by atoms with Gasteiger partial charge in [-0.3, -0.25) is 24.5 Å². The van der Waals surface area contributed by atoms with Gasteiger partial charge < -0.3 is 20.8 Å². The summed E-state index contributed by atoms with van der Waals surface area (Å²) in [7, 11) is 0. The van der Waals surface area contributed by atoms with E-state index in [9.17, 15) is 19.8 Å². The normalized spacial score (nSPS) is 12.7. The Bertz CT molecular complexity index is 2160. The summed E-state index contributed by atoms with van der Waals surface area (Å²) in [5.41, 5.74) is 10.9. The van der Waals surface area contributed by atoms with Crippen LogP contribution in [0.25, 0.3) is 32.9 Å². The molecule has 2 aromatic carbocycles. The van der Waals surface area contributed by atoms with Crippen molar-refractivity contribution in [2.24, 2.45) is 17.8 Å². The Kier molecular flexibility index (Phi) is 11.6. The molecule has 10 heteroatoms. The first-order valence-corrected chi connectivity index (χ1v) is 18.5. The Labute approximate surface area is 316 Å². The van der Waals surface area contributed by atoms with Crippen LogP contribution in [0.4, 0.5) is 11.5 Å². The number of hydrogen-bond acceptors (Lipinski definition) is 8. The Hall–Kier alpha value is -5.74. The van der Waals surface area contributed by atoms with Crippen molar-refractivity contribution < 1.29 is 19.8 Å². The van der Waals surface area contributed by atoms with Crippen LogP contribution in [0.3, 0.4) is 0 Å². The summed E-state index contributed by atoms with van der Waals surface area (Å²) in [6.07, 6.45) is 9.02. The van der Waals surface area contributed by atoms with Gasteiger partial charge in [0.15, 0.2) is 5.82 Å². The topological polar surface area (TPSA) is 150 Å². The number of carbonyl (C=O) groups is 2. The largest absolute Gasteiger partial charge is 0.481 e. The van der Waals surface area contributed by atoms with E-state index >= 15 is 0 Å². The van der Waals surface area contributed by atoms with Crippen LogP contribution in [0, 0.1) is 31.6 Å². The van der Waals surface area contributed by atoms with Crippen molar-refractivity contribution in [2.45, 2.75) is 73.4 Å². The van der Waals surface area contributed by atoms with Gasteiger partial charge in [-0.2, -0.15) is 0 Å². The van der Waals surface area contributed by atoms with Crippen molar-refractivity contribution in [3.8, 4) is 11.1 Å². The maximum absolute atomic E-state index is 11.7. The summed E-state index contributed by atoms with van der Waals surface area (Å²) in [6.45, 7) is 12.3. The number of aryl methyl sites for hydroxylation is 1. The maximum Gasteiger partial charge on any atom is 0.320 e. The lowest BCUT2D eigenvalue weighted by Crippen LogP contribution is -2.40. The number of nitrogens with one attached hydrogen (secondary N) is 2. The number of hydrogen-bond donors (Lipinski definition) is 4. The summed E-state index contributed by atoms with van der Waals surface area (Å²) < 4.78 is 0. The van der Waals surface area contributed by atoms with Crippen molar-refractivity contribution in [3.63, 3.8) is 0 Å². The van der Waals surface area contributed by atoms with Gasteiger partial charge in [0, 0.05) is 54.2 Å². The second kappa shape index (κ2) is 16.5. The van der Waals surface area contributed by atoms with Crippen molar-refractivity contribution in [2.75, 3.05) is 5.32 Å². The monoisotopic (exact) mass is 724 g/mol. The molecular formula is C44H48N6O4. The van der Waals surface area contributed by atoms with E-state index in [0.29, 0.717) is 31.6 Å². The minimum atomic E-state index is -0.859. The van der Waals surface area contributed by atoms with Crippen LogP contribution < -0.4 is 10.6 Å². The predicted octanol–water partition coefficient (Wildman–Crippen LogP) is 8.68. The number of carboxylic acids is 2. The van der Waals surface area contributed by atoms with E-state index in [1.807, 2.05) is 64.4 Å². The van der Waals surface area contributed by atoms with Crippen LogP contribution in [0.2, 0.25) is 0 Å². The van der Waals surface area contributed by atoms with Crippen LogP contribution in [0.5, 0.6) is 0 Å². The zero-order valence-electron chi connectivity index (χ0n) is 31.7. The van der Waals surface area contributed by atoms with E-state index in [4.69, 9.17) is 15.0 Å². The van der Waals surface area contributed by atoms with Gasteiger partial charge in [-0.25, -0.2) is 4.98 Å². The van der Waals surface area contributed by atoms with E-state index in [0.717, 1.165) is 72.1 Å². The fraction of sp³-hybridized carbons (Fsp3) is 0.318. The predicted molar refractivity (Wildman–Crippen MR) is 214 cm³/mol. The molecule has 0 aliphatic rings. The van der Waals surface area contributed by atoms with Crippen LogP contribution >= 0.6 is 0 Å². The first-order valence-electron chi connectivity index (χ1n) is 18.5. The summed E-state index contributed by atoms with van der Waals surface area (Å²) in [6, 6.07) is 20.0. The zero-order valence-corrected chi connectivity index (χ0v) is 31.7. The van der Waals surface area contributed by atoms with Crippen LogP contribution in [0.1, 0.15) is 67.6 Å². The fourth-order valence-corrected chi connectivity index (χ4v) is 7.16. The highest BCUT2D eigenvalue weighted by molar-refractivity contribution is 5.91. The highest BCUT2D eigenvalue weighted by atomic mass is 16.4. The van der Waals surface area contributed by atoms with Crippen LogP contribution in [-0.4, -0.2) is 48.1 Å². The molecule has 0 aliphatic carbocycles. The van der Waals surface area contributed by atoms with Gasteiger partial charge in [0.1, 0.15) is 11.6 Å². The number of benzene rings is 2. The number of fused-ring (bicyclic) bond motifs is 2. The molecule has 54 heavy (non-hydrogen) atoms. The van der Waals surface area contributed by atoms with Crippen molar-refractivity contribution in [3.05, 3.63) is 119 Å². The maximum atomic E-state index is 11.7. The van der Waals surface area contributed by atoms with Crippen LogP contribution in [0.15, 0.2) is 85.5 Å². The summed E-state index contributed by atoms with van der Waals surface area (Å²) in [5.74, 6) is -1.32. The third kappa shape index (κ3) is 8.39. The highest BCUT2D eigenvalue weighted by Crippen LogP contribution is 2.35. The van der Waals surface area contributed by atoms with Gasteiger partial charge in [0.2, 0.25) is 0 Å². The number of carboxylic acid groups (broad SMARTS) is 2. The first kappa shape index (κ1) is 38.0. The van der Waals surface area contributed by atoms with E-state index in [2.05, 4.69) is 65.9 Å². The lowest BCUT2D eigenvalue weighted by atomic mass is 9.90. The highest BCUT2D eigenvalue weighted by Gasteiger charge is 2.22.